The van der Waals surface area contributed by atoms with E-state index in [0.717, 1.165) is 0 Å². The number of rotatable bonds is 6. The second-order valence-corrected chi connectivity index (χ2v) is 5.45. The minimum absolute atomic E-state index is 0.00780. The summed E-state index contributed by atoms with van der Waals surface area (Å²) in [7, 11) is 0. The monoisotopic (exact) mass is 328 g/mol. The van der Waals surface area contributed by atoms with Crippen molar-refractivity contribution < 1.29 is 9.21 Å². The first kappa shape index (κ1) is 16.0. The van der Waals surface area contributed by atoms with E-state index in [9.17, 15) is 9.59 Å². The van der Waals surface area contributed by atoms with Crippen molar-refractivity contribution in [1.82, 2.24) is 19.0 Å². The number of imidazole rings is 1. The van der Waals surface area contributed by atoms with Crippen molar-refractivity contribution in [3.05, 3.63) is 53.0 Å². The maximum absolute atomic E-state index is 12.8. The fraction of sp³-hybridized carbons (Fsp3) is 0.353. The highest BCUT2D eigenvalue weighted by atomic mass is 16.3. The number of carbonyl (C=O) groups is 1. The van der Waals surface area contributed by atoms with Crippen LogP contribution in [0, 0.1) is 0 Å². The highest BCUT2D eigenvalue weighted by Crippen LogP contribution is 2.12. The fourth-order valence-electron chi connectivity index (χ4n) is 2.81. The zero-order valence-electron chi connectivity index (χ0n) is 13.8. The average molecular weight is 328 g/mol. The van der Waals surface area contributed by atoms with Gasteiger partial charge in [0.15, 0.2) is 5.65 Å². The predicted molar refractivity (Wildman–Crippen MR) is 89.7 cm³/mol. The van der Waals surface area contributed by atoms with Crippen molar-refractivity contribution in [2.75, 3.05) is 13.1 Å². The van der Waals surface area contributed by atoms with Crippen LogP contribution < -0.4 is 5.69 Å². The van der Waals surface area contributed by atoms with Gasteiger partial charge in [-0.25, -0.2) is 9.78 Å². The molecular formula is C17H20N4O3. The van der Waals surface area contributed by atoms with E-state index in [-0.39, 0.29) is 24.7 Å². The molecule has 0 fully saturated rings. The molecule has 0 saturated carbocycles. The fourth-order valence-corrected chi connectivity index (χ4v) is 2.81. The summed E-state index contributed by atoms with van der Waals surface area (Å²) in [6.07, 6.45) is 3.20. The molecule has 7 heteroatoms. The molecule has 0 unspecified atom stereocenters. The van der Waals surface area contributed by atoms with Gasteiger partial charge in [-0.2, -0.15) is 0 Å². The molecule has 0 bridgehead atoms. The Morgan fingerprint density at radius 1 is 1.21 bits per heavy atom. The van der Waals surface area contributed by atoms with Gasteiger partial charge in [0.05, 0.1) is 18.3 Å². The Bertz CT molecular complexity index is 888. The van der Waals surface area contributed by atoms with E-state index in [4.69, 9.17) is 4.42 Å². The third kappa shape index (κ3) is 2.84. The van der Waals surface area contributed by atoms with Crippen molar-refractivity contribution in [3.63, 3.8) is 0 Å². The van der Waals surface area contributed by atoms with E-state index in [2.05, 4.69) is 4.98 Å². The Balaban J connectivity index is 2.04. The largest absolute Gasteiger partial charge is 0.467 e. The van der Waals surface area contributed by atoms with Gasteiger partial charge >= 0.3 is 5.69 Å². The normalized spacial score (nSPS) is 11.1. The Morgan fingerprint density at radius 3 is 2.67 bits per heavy atom. The molecule has 0 aliphatic heterocycles. The molecule has 3 aromatic heterocycles. The quantitative estimate of drug-likeness (QED) is 0.690. The molecule has 3 aromatic rings. The van der Waals surface area contributed by atoms with E-state index in [0.29, 0.717) is 30.0 Å². The minimum Gasteiger partial charge on any atom is -0.467 e. The molecule has 0 aromatic carbocycles. The van der Waals surface area contributed by atoms with Gasteiger partial charge in [-0.15, -0.1) is 0 Å². The van der Waals surface area contributed by atoms with Crippen LogP contribution in [0.4, 0.5) is 0 Å². The lowest BCUT2D eigenvalue weighted by Crippen LogP contribution is -2.36. The van der Waals surface area contributed by atoms with Crippen molar-refractivity contribution in [3.8, 4) is 0 Å². The minimum atomic E-state index is -0.263. The zero-order chi connectivity index (χ0) is 17.1. The van der Waals surface area contributed by atoms with Gasteiger partial charge in [0.25, 0.3) is 0 Å². The molecule has 126 valence electrons. The summed E-state index contributed by atoms with van der Waals surface area (Å²) in [6.45, 7) is 5.37. The lowest BCUT2D eigenvalue weighted by atomic mass is 10.4. The van der Waals surface area contributed by atoms with Gasteiger partial charge in [-0.1, -0.05) is 0 Å². The average Bonchev–Trinajstić information content (AvgIpc) is 3.19. The Kier molecular flexibility index (Phi) is 4.50. The Morgan fingerprint density at radius 2 is 2.00 bits per heavy atom. The first-order valence-corrected chi connectivity index (χ1v) is 7.99. The van der Waals surface area contributed by atoms with Crippen LogP contribution in [0.25, 0.3) is 11.2 Å². The predicted octanol–water partition coefficient (Wildman–Crippen LogP) is 1.71. The van der Waals surface area contributed by atoms with Crippen LogP contribution in [0.3, 0.4) is 0 Å². The summed E-state index contributed by atoms with van der Waals surface area (Å²) < 4.78 is 8.34. The lowest BCUT2D eigenvalue weighted by molar-refractivity contribution is -0.131. The first-order chi connectivity index (χ1) is 11.7. The molecule has 0 aliphatic rings. The van der Waals surface area contributed by atoms with Gasteiger partial charge in [0.2, 0.25) is 5.91 Å². The van der Waals surface area contributed by atoms with E-state index >= 15 is 0 Å². The van der Waals surface area contributed by atoms with E-state index in [1.54, 1.807) is 41.6 Å². The SMILES string of the molecule is CCN(CC)C(=O)Cn1c(=O)n(Cc2ccco2)c2ncccc21. The third-order valence-electron chi connectivity index (χ3n) is 4.08. The van der Waals surface area contributed by atoms with Crippen LogP contribution >= 0.6 is 0 Å². The van der Waals surface area contributed by atoms with E-state index < -0.39 is 0 Å². The van der Waals surface area contributed by atoms with Crippen molar-refractivity contribution >= 4 is 17.1 Å². The summed E-state index contributed by atoms with van der Waals surface area (Å²) in [5.41, 5.74) is 0.932. The summed E-state index contributed by atoms with van der Waals surface area (Å²) in [5, 5.41) is 0. The summed E-state index contributed by atoms with van der Waals surface area (Å²) in [4.78, 5) is 31.3. The summed E-state index contributed by atoms with van der Waals surface area (Å²) >= 11 is 0. The molecule has 0 atom stereocenters. The molecule has 1 amide bonds. The molecule has 0 N–H and O–H groups in total. The van der Waals surface area contributed by atoms with Gasteiger partial charge in [0, 0.05) is 19.3 Å². The molecule has 7 nitrogen and oxygen atoms in total. The van der Waals surface area contributed by atoms with Gasteiger partial charge in [-0.3, -0.25) is 13.9 Å². The van der Waals surface area contributed by atoms with Crippen molar-refractivity contribution in [2.24, 2.45) is 0 Å². The smallest absolute Gasteiger partial charge is 0.331 e. The molecular weight excluding hydrogens is 308 g/mol. The van der Waals surface area contributed by atoms with Crippen LogP contribution in [0.15, 0.2) is 45.9 Å². The number of hydrogen-bond donors (Lipinski definition) is 0. The standard InChI is InChI=1S/C17H20N4O3/c1-3-19(4-2)15(22)12-20-14-8-5-9-18-16(14)21(17(20)23)11-13-7-6-10-24-13/h5-10H,3-4,11-12H2,1-2H3. The van der Waals surface area contributed by atoms with E-state index in [1.165, 1.54) is 9.13 Å². The van der Waals surface area contributed by atoms with Crippen LogP contribution in [0.1, 0.15) is 19.6 Å². The number of hydrogen-bond acceptors (Lipinski definition) is 4. The van der Waals surface area contributed by atoms with Gasteiger partial charge in [0.1, 0.15) is 12.3 Å². The number of likely N-dealkylation sites (N-methyl/N-ethyl adjacent to an activating group) is 1. The molecule has 0 radical (unpaired) electrons. The number of carbonyl (C=O) groups excluding carboxylic acids is 1. The van der Waals surface area contributed by atoms with Crippen molar-refractivity contribution in [2.45, 2.75) is 26.9 Å². The summed E-state index contributed by atoms with van der Waals surface area (Å²) in [5.74, 6) is 0.583. The first-order valence-electron chi connectivity index (χ1n) is 7.99. The van der Waals surface area contributed by atoms with Crippen molar-refractivity contribution in [1.29, 1.82) is 0 Å². The number of nitrogens with zero attached hydrogens (tertiary/aromatic N) is 4. The Labute approximate surface area is 139 Å². The number of furan rings is 1. The van der Waals surface area contributed by atoms with Crippen LogP contribution in [-0.2, 0) is 17.9 Å². The molecule has 0 spiro atoms. The van der Waals surface area contributed by atoms with Gasteiger partial charge in [-0.05, 0) is 38.1 Å². The molecule has 3 heterocycles. The highest BCUT2D eigenvalue weighted by molar-refractivity contribution is 5.79. The van der Waals surface area contributed by atoms with Crippen LogP contribution in [0.2, 0.25) is 0 Å². The Hall–Kier alpha value is -2.83. The van der Waals surface area contributed by atoms with Gasteiger partial charge < -0.3 is 9.32 Å². The number of fused-ring (bicyclic) bond motifs is 1. The highest BCUT2D eigenvalue weighted by Gasteiger charge is 2.19. The molecule has 3 rings (SSSR count). The maximum Gasteiger partial charge on any atom is 0.331 e. The molecule has 24 heavy (non-hydrogen) atoms. The van der Waals surface area contributed by atoms with E-state index in [1.807, 2.05) is 13.8 Å². The summed E-state index contributed by atoms with van der Waals surface area (Å²) in [6, 6.07) is 7.14. The number of aromatic nitrogens is 3. The zero-order valence-corrected chi connectivity index (χ0v) is 13.8. The lowest BCUT2D eigenvalue weighted by Gasteiger charge is -2.18. The second-order valence-electron chi connectivity index (χ2n) is 5.45. The third-order valence-corrected chi connectivity index (χ3v) is 4.08. The molecule has 0 saturated heterocycles. The topological polar surface area (TPSA) is 73.3 Å². The molecule has 0 aliphatic carbocycles. The second kappa shape index (κ2) is 6.74. The number of amides is 1. The maximum atomic E-state index is 12.8. The van der Waals surface area contributed by atoms with Crippen LogP contribution in [0.5, 0.6) is 0 Å². The van der Waals surface area contributed by atoms with Crippen LogP contribution in [-0.4, -0.2) is 38.0 Å². The number of pyridine rings is 1.